The molecule has 3 fully saturated rings. The average Bonchev–Trinajstić information content (AvgIpc) is 3.39. The molecule has 2 aliphatic heterocycles. The van der Waals surface area contributed by atoms with Crippen molar-refractivity contribution in [3.05, 3.63) is 35.4 Å². The zero-order valence-corrected chi connectivity index (χ0v) is 15.9. The molecule has 1 aromatic rings. The van der Waals surface area contributed by atoms with E-state index in [1.807, 2.05) is 4.90 Å². The highest BCUT2D eigenvalue weighted by atomic mass is 16.5. The number of likely N-dealkylation sites (tertiary alicyclic amines) is 1. The van der Waals surface area contributed by atoms with Crippen LogP contribution < -0.4 is 0 Å². The van der Waals surface area contributed by atoms with Gasteiger partial charge in [0.05, 0.1) is 25.7 Å². The van der Waals surface area contributed by atoms with E-state index in [1.165, 1.54) is 18.4 Å². The van der Waals surface area contributed by atoms with Crippen LogP contribution in [0.3, 0.4) is 0 Å². The summed E-state index contributed by atoms with van der Waals surface area (Å²) < 4.78 is 11.8. The Labute approximate surface area is 156 Å². The molecule has 26 heavy (non-hydrogen) atoms. The first kappa shape index (κ1) is 18.0. The molecular weight excluding hydrogens is 326 g/mol. The Morgan fingerprint density at radius 1 is 1.19 bits per heavy atom. The fourth-order valence-electron chi connectivity index (χ4n) is 4.22. The monoisotopic (exact) mass is 357 g/mol. The summed E-state index contributed by atoms with van der Waals surface area (Å²) in [5.74, 6) is 1.07. The van der Waals surface area contributed by atoms with E-state index in [9.17, 15) is 4.79 Å². The van der Waals surface area contributed by atoms with E-state index >= 15 is 0 Å². The minimum absolute atomic E-state index is 0.253. The summed E-state index contributed by atoms with van der Waals surface area (Å²) in [7, 11) is 0. The van der Waals surface area contributed by atoms with Crippen molar-refractivity contribution in [3.8, 4) is 0 Å². The second kappa shape index (κ2) is 7.69. The molecule has 3 aliphatic rings. The number of hydrogen-bond donors (Lipinski definition) is 0. The van der Waals surface area contributed by atoms with Crippen LogP contribution in [-0.2, 0) is 20.7 Å². The summed E-state index contributed by atoms with van der Waals surface area (Å²) in [5, 5.41) is 0. The maximum atomic E-state index is 12.6. The first-order valence-corrected chi connectivity index (χ1v) is 10.1. The van der Waals surface area contributed by atoms with Crippen LogP contribution in [0.1, 0.15) is 43.2 Å². The minimum atomic E-state index is 0.253. The van der Waals surface area contributed by atoms with Gasteiger partial charge >= 0.3 is 0 Å². The molecule has 1 saturated carbocycles. The van der Waals surface area contributed by atoms with Gasteiger partial charge in [-0.15, -0.1) is 0 Å². The van der Waals surface area contributed by atoms with Gasteiger partial charge in [-0.05, 0) is 55.9 Å². The molecule has 0 aromatic heterocycles. The van der Waals surface area contributed by atoms with Gasteiger partial charge < -0.3 is 14.4 Å². The van der Waals surface area contributed by atoms with E-state index in [4.69, 9.17) is 9.47 Å². The lowest BCUT2D eigenvalue weighted by Crippen LogP contribution is -2.44. The van der Waals surface area contributed by atoms with Crippen LogP contribution in [0.4, 0.5) is 0 Å². The van der Waals surface area contributed by atoms with Gasteiger partial charge in [0.2, 0.25) is 5.91 Å². The van der Waals surface area contributed by atoms with Crippen molar-refractivity contribution in [1.29, 1.82) is 0 Å². The third kappa shape index (κ3) is 4.47. The minimum Gasteiger partial charge on any atom is -0.378 e. The summed E-state index contributed by atoms with van der Waals surface area (Å²) in [6.07, 6.45) is 6.66. The predicted octanol–water partition coefficient (Wildman–Crippen LogP) is 3.36. The summed E-state index contributed by atoms with van der Waals surface area (Å²) in [6.45, 7) is 6.30. The molecule has 1 spiro atoms. The van der Waals surface area contributed by atoms with Crippen molar-refractivity contribution in [3.63, 3.8) is 0 Å². The third-order valence-corrected chi connectivity index (χ3v) is 6.29. The lowest BCUT2D eigenvalue weighted by atomic mass is 9.76. The molecule has 2 heterocycles. The number of carbonyl (C=O) groups excluding carboxylic acids is 1. The second-order valence-electron chi connectivity index (χ2n) is 8.66. The highest BCUT2D eigenvalue weighted by molar-refractivity contribution is 5.78. The fourth-order valence-corrected chi connectivity index (χ4v) is 4.22. The number of hydrogen-bond acceptors (Lipinski definition) is 3. The van der Waals surface area contributed by atoms with Crippen molar-refractivity contribution in [2.24, 2.45) is 11.3 Å². The molecule has 1 aromatic carbocycles. The van der Waals surface area contributed by atoms with E-state index in [0.29, 0.717) is 6.42 Å². The van der Waals surface area contributed by atoms with E-state index in [0.717, 1.165) is 63.7 Å². The van der Waals surface area contributed by atoms with Gasteiger partial charge in [-0.3, -0.25) is 4.79 Å². The van der Waals surface area contributed by atoms with Crippen molar-refractivity contribution in [2.45, 2.75) is 51.6 Å². The molecule has 4 nitrogen and oxygen atoms in total. The summed E-state index contributed by atoms with van der Waals surface area (Å²) in [4.78, 5) is 14.6. The van der Waals surface area contributed by atoms with Gasteiger partial charge in [-0.1, -0.05) is 29.8 Å². The molecule has 2 saturated heterocycles. The molecular formula is C22H31NO3. The number of piperidine rings is 1. The van der Waals surface area contributed by atoms with Gasteiger partial charge in [-0.25, -0.2) is 0 Å². The fraction of sp³-hybridized carbons (Fsp3) is 0.682. The van der Waals surface area contributed by atoms with Crippen LogP contribution in [0.5, 0.6) is 0 Å². The quantitative estimate of drug-likeness (QED) is 0.784. The Morgan fingerprint density at radius 3 is 2.62 bits per heavy atom. The Hall–Kier alpha value is -1.39. The van der Waals surface area contributed by atoms with E-state index in [-0.39, 0.29) is 17.4 Å². The van der Waals surface area contributed by atoms with Crippen LogP contribution in [-0.4, -0.2) is 49.8 Å². The molecule has 1 aliphatic carbocycles. The third-order valence-electron chi connectivity index (χ3n) is 6.29. The summed E-state index contributed by atoms with van der Waals surface area (Å²) in [6, 6.07) is 8.29. The van der Waals surface area contributed by atoms with Gasteiger partial charge in [0, 0.05) is 19.7 Å². The maximum absolute atomic E-state index is 12.6. The van der Waals surface area contributed by atoms with Gasteiger partial charge in [-0.2, -0.15) is 0 Å². The lowest BCUT2D eigenvalue weighted by Gasteiger charge is -2.38. The molecule has 1 atom stereocenters. The molecule has 0 radical (unpaired) electrons. The van der Waals surface area contributed by atoms with Crippen LogP contribution in [0.25, 0.3) is 0 Å². The average molecular weight is 357 g/mol. The SMILES string of the molecule is Cc1ccc(CC(=O)N2CCC3(CC2)CO[C@H](COCC2CC2)C3)cc1. The van der Waals surface area contributed by atoms with Crippen LogP contribution >= 0.6 is 0 Å². The maximum Gasteiger partial charge on any atom is 0.226 e. The first-order valence-electron chi connectivity index (χ1n) is 10.1. The largest absolute Gasteiger partial charge is 0.378 e. The zero-order chi connectivity index (χ0) is 18.0. The Morgan fingerprint density at radius 2 is 1.92 bits per heavy atom. The second-order valence-corrected chi connectivity index (χ2v) is 8.66. The summed E-state index contributed by atoms with van der Waals surface area (Å²) in [5.41, 5.74) is 2.62. The normalized spacial score (nSPS) is 25.0. The van der Waals surface area contributed by atoms with Gasteiger partial charge in [0.15, 0.2) is 0 Å². The smallest absolute Gasteiger partial charge is 0.226 e. The number of benzene rings is 1. The molecule has 0 unspecified atom stereocenters. The highest BCUT2D eigenvalue weighted by Crippen LogP contribution is 2.42. The number of ether oxygens (including phenoxy) is 2. The van der Waals surface area contributed by atoms with Crippen molar-refractivity contribution in [2.75, 3.05) is 32.9 Å². The van der Waals surface area contributed by atoms with Gasteiger partial charge in [0.25, 0.3) is 0 Å². The number of carbonyl (C=O) groups is 1. The zero-order valence-electron chi connectivity index (χ0n) is 15.9. The van der Waals surface area contributed by atoms with E-state index < -0.39 is 0 Å². The number of aryl methyl sites for hydroxylation is 1. The molecule has 1 amide bonds. The Balaban J connectivity index is 1.22. The van der Waals surface area contributed by atoms with E-state index in [2.05, 4.69) is 31.2 Å². The predicted molar refractivity (Wildman–Crippen MR) is 101 cm³/mol. The molecule has 4 rings (SSSR count). The Bertz CT molecular complexity index is 615. The Kier molecular flexibility index (Phi) is 5.32. The van der Waals surface area contributed by atoms with Crippen LogP contribution in [0, 0.1) is 18.3 Å². The molecule has 4 heteroatoms. The van der Waals surface area contributed by atoms with Crippen molar-refractivity contribution >= 4 is 5.91 Å². The summed E-state index contributed by atoms with van der Waals surface area (Å²) >= 11 is 0. The number of amides is 1. The lowest BCUT2D eigenvalue weighted by molar-refractivity contribution is -0.132. The molecule has 0 N–H and O–H groups in total. The standard InChI is InChI=1S/C22H31NO3/c1-17-2-4-18(5-3-17)12-21(24)23-10-8-22(9-11-23)13-20(26-16-22)15-25-14-19-6-7-19/h2-5,19-20H,6-16H2,1H3/t20-/m0/s1. The van der Waals surface area contributed by atoms with Crippen molar-refractivity contribution < 1.29 is 14.3 Å². The van der Waals surface area contributed by atoms with Crippen molar-refractivity contribution in [1.82, 2.24) is 4.90 Å². The van der Waals surface area contributed by atoms with E-state index in [1.54, 1.807) is 0 Å². The highest BCUT2D eigenvalue weighted by Gasteiger charge is 2.43. The molecule has 0 bridgehead atoms. The molecule has 142 valence electrons. The van der Waals surface area contributed by atoms with Gasteiger partial charge in [0.1, 0.15) is 0 Å². The number of rotatable bonds is 6. The topological polar surface area (TPSA) is 38.8 Å². The van der Waals surface area contributed by atoms with Crippen LogP contribution in [0.15, 0.2) is 24.3 Å². The first-order chi connectivity index (χ1) is 12.6. The van der Waals surface area contributed by atoms with Crippen LogP contribution in [0.2, 0.25) is 0 Å². The number of nitrogens with zero attached hydrogens (tertiary/aromatic N) is 1.